The average Bonchev–Trinajstić information content (AvgIpc) is 2.68. The Labute approximate surface area is 148 Å². The van der Waals surface area contributed by atoms with E-state index in [4.69, 9.17) is 4.74 Å². The lowest BCUT2D eigenvalue weighted by Crippen LogP contribution is -2.49. The molecule has 1 aromatic heterocycles. The Balaban J connectivity index is 1.67. The van der Waals surface area contributed by atoms with Crippen molar-refractivity contribution in [1.29, 1.82) is 0 Å². The number of piperazine rings is 1. The van der Waals surface area contributed by atoms with Gasteiger partial charge in [-0.05, 0) is 31.4 Å². The Kier molecular flexibility index (Phi) is 5.86. The number of carbonyl (C=O) groups excluding carboxylic acids is 2. The van der Waals surface area contributed by atoms with Gasteiger partial charge in [-0.1, -0.05) is 0 Å². The minimum absolute atomic E-state index is 0.0831. The first-order valence-electron chi connectivity index (χ1n) is 8.97. The fraction of sp³-hybridized carbons (Fsp3) is 0.611. The topological polar surface area (TPSA) is 66.0 Å². The molecule has 1 amide bonds. The van der Waals surface area contributed by atoms with Crippen LogP contribution in [-0.2, 0) is 9.53 Å². The van der Waals surface area contributed by atoms with Crippen molar-refractivity contribution in [3.8, 4) is 0 Å². The van der Waals surface area contributed by atoms with Crippen LogP contribution in [0.1, 0.15) is 29.6 Å². The molecule has 0 spiro atoms. The van der Waals surface area contributed by atoms with Crippen LogP contribution < -0.4 is 4.90 Å². The minimum atomic E-state index is -0.216. The van der Waals surface area contributed by atoms with Gasteiger partial charge in [0.15, 0.2) is 0 Å². The zero-order chi connectivity index (χ0) is 17.6. The fourth-order valence-electron chi connectivity index (χ4n) is 3.45. The third-order valence-corrected chi connectivity index (χ3v) is 4.91. The summed E-state index contributed by atoms with van der Waals surface area (Å²) in [5, 5.41) is 0. The van der Waals surface area contributed by atoms with E-state index in [2.05, 4.69) is 14.8 Å². The van der Waals surface area contributed by atoms with Crippen molar-refractivity contribution in [1.82, 2.24) is 14.8 Å². The number of methoxy groups -OCH3 is 1. The molecule has 0 aliphatic carbocycles. The summed E-state index contributed by atoms with van der Waals surface area (Å²) in [6, 6.07) is 3.70. The molecule has 0 aromatic carbocycles. The van der Waals surface area contributed by atoms with Crippen molar-refractivity contribution in [3.05, 3.63) is 23.9 Å². The van der Waals surface area contributed by atoms with E-state index in [1.54, 1.807) is 6.20 Å². The van der Waals surface area contributed by atoms with Crippen LogP contribution >= 0.6 is 0 Å². The van der Waals surface area contributed by atoms with Crippen LogP contribution in [0.4, 0.5) is 5.82 Å². The van der Waals surface area contributed by atoms with Gasteiger partial charge in [0.1, 0.15) is 5.82 Å². The molecule has 3 rings (SSSR count). The number of likely N-dealkylation sites (tertiary alicyclic amines) is 1. The molecule has 0 atom stereocenters. The van der Waals surface area contributed by atoms with Gasteiger partial charge < -0.3 is 14.5 Å². The highest BCUT2D eigenvalue weighted by molar-refractivity contribution is 5.99. The first-order valence-corrected chi connectivity index (χ1v) is 8.97. The maximum atomic E-state index is 12.9. The molecule has 136 valence electrons. The quantitative estimate of drug-likeness (QED) is 0.758. The molecule has 25 heavy (non-hydrogen) atoms. The monoisotopic (exact) mass is 346 g/mol. The van der Waals surface area contributed by atoms with Crippen molar-refractivity contribution >= 4 is 17.7 Å². The summed E-state index contributed by atoms with van der Waals surface area (Å²) >= 11 is 0. The summed E-state index contributed by atoms with van der Waals surface area (Å²) in [5.41, 5.74) is 0.686. The SMILES string of the molecule is COC(=O)CN1CCN(c2ncccc2C(=O)N2CCCCC2)CC1. The summed E-state index contributed by atoms with van der Waals surface area (Å²) in [7, 11) is 1.41. The number of piperidine rings is 1. The molecule has 0 saturated carbocycles. The molecule has 2 fully saturated rings. The summed E-state index contributed by atoms with van der Waals surface area (Å²) in [4.78, 5) is 35.0. The molecule has 0 N–H and O–H groups in total. The zero-order valence-corrected chi connectivity index (χ0v) is 14.8. The lowest BCUT2D eigenvalue weighted by molar-refractivity contribution is -0.142. The van der Waals surface area contributed by atoms with Crippen LogP contribution in [-0.4, -0.2) is 79.6 Å². The Morgan fingerprint density at radius 1 is 1.08 bits per heavy atom. The van der Waals surface area contributed by atoms with Crippen LogP contribution in [0.2, 0.25) is 0 Å². The number of nitrogens with zero attached hydrogens (tertiary/aromatic N) is 4. The largest absolute Gasteiger partial charge is 0.468 e. The van der Waals surface area contributed by atoms with Crippen LogP contribution in [0.5, 0.6) is 0 Å². The molecule has 2 aliphatic heterocycles. The first kappa shape index (κ1) is 17.7. The molecular weight excluding hydrogens is 320 g/mol. The number of hydrogen-bond donors (Lipinski definition) is 0. The number of anilines is 1. The van der Waals surface area contributed by atoms with E-state index in [1.165, 1.54) is 13.5 Å². The lowest BCUT2D eigenvalue weighted by atomic mass is 10.1. The van der Waals surface area contributed by atoms with Crippen molar-refractivity contribution in [2.24, 2.45) is 0 Å². The Morgan fingerprint density at radius 3 is 2.48 bits per heavy atom. The maximum absolute atomic E-state index is 12.9. The summed E-state index contributed by atoms with van der Waals surface area (Å²) in [6.45, 7) is 4.97. The maximum Gasteiger partial charge on any atom is 0.319 e. The van der Waals surface area contributed by atoms with E-state index < -0.39 is 0 Å². The van der Waals surface area contributed by atoms with Gasteiger partial charge in [0.25, 0.3) is 5.91 Å². The molecule has 2 aliphatic rings. The first-order chi connectivity index (χ1) is 12.2. The van der Waals surface area contributed by atoms with Gasteiger partial charge >= 0.3 is 5.97 Å². The van der Waals surface area contributed by atoms with Crippen molar-refractivity contribution in [2.45, 2.75) is 19.3 Å². The zero-order valence-electron chi connectivity index (χ0n) is 14.8. The Morgan fingerprint density at radius 2 is 1.80 bits per heavy atom. The summed E-state index contributed by atoms with van der Waals surface area (Å²) in [6.07, 6.45) is 5.09. The number of esters is 1. The van der Waals surface area contributed by atoms with Crippen LogP contribution in [0.3, 0.4) is 0 Å². The van der Waals surface area contributed by atoms with Gasteiger partial charge in [-0.15, -0.1) is 0 Å². The number of amides is 1. The van der Waals surface area contributed by atoms with E-state index in [0.717, 1.165) is 57.9 Å². The van der Waals surface area contributed by atoms with E-state index in [-0.39, 0.29) is 11.9 Å². The smallest absolute Gasteiger partial charge is 0.319 e. The molecular formula is C18H26N4O3. The van der Waals surface area contributed by atoms with E-state index in [9.17, 15) is 9.59 Å². The molecule has 0 bridgehead atoms. The third kappa shape index (κ3) is 4.28. The number of rotatable bonds is 4. The van der Waals surface area contributed by atoms with Crippen molar-refractivity contribution in [2.75, 3.05) is 57.8 Å². The van der Waals surface area contributed by atoms with Crippen LogP contribution in [0, 0.1) is 0 Å². The second-order valence-corrected chi connectivity index (χ2v) is 6.57. The molecule has 3 heterocycles. The van der Waals surface area contributed by atoms with E-state index in [1.807, 2.05) is 17.0 Å². The van der Waals surface area contributed by atoms with Gasteiger partial charge in [-0.2, -0.15) is 0 Å². The number of ether oxygens (including phenoxy) is 1. The Hall–Kier alpha value is -2.15. The normalized spacial score (nSPS) is 18.9. The molecule has 0 unspecified atom stereocenters. The Bertz CT molecular complexity index is 608. The van der Waals surface area contributed by atoms with Gasteiger partial charge in [0, 0.05) is 45.5 Å². The number of hydrogen-bond acceptors (Lipinski definition) is 6. The fourth-order valence-corrected chi connectivity index (χ4v) is 3.45. The second-order valence-electron chi connectivity index (χ2n) is 6.57. The second kappa shape index (κ2) is 8.29. The van der Waals surface area contributed by atoms with Gasteiger partial charge in [-0.25, -0.2) is 4.98 Å². The number of pyridine rings is 1. The number of carbonyl (C=O) groups is 2. The molecule has 7 nitrogen and oxygen atoms in total. The summed E-state index contributed by atoms with van der Waals surface area (Å²) < 4.78 is 4.73. The molecule has 0 radical (unpaired) electrons. The molecule has 2 saturated heterocycles. The highest BCUT2D eigenvalue weighted by atomic mass is 16.5. The predicted octanol–water partition coefficient (Wildman–Crippen LogP) is 1.00. The minimum Gasteiger partial charge on any atom is -0.468 e. The van der Waals surface area contributed by atoms with E-state index in [0.29, 0.717) is 12.1 Å². The standard InChI is InChI=1S/C18H26N4O3/c1-25-16(23)14-20-10-12-21(13-11-20)17-15(6-5-7-19-17)18(24)22-8-3-2-4-9-22/h5-7H,2-4,8-14H2,1H3. The molecule has 1 aromatic rings. The van der Waals surface area contributed by atoms with Gasteiger partial charge in [-0.3, -0.25) is 14.5 Å². The van der Waals surface area contributed by atoms with Crippen LogP contribution in [0.25, 0.3) is 0 Å². The lowest BCUT2D eigenvalue weighted by Gasteiger charge is -2.36. The van der Waals surface area contributed by atoms with Crippen molar-refractivity contribution in [3.63, 3.8) is 0 Å². The van der Waals surface area contributed by atoms with Gasteiger partial charge in [0.05, 0.1) is 19.2 Å². The van der Waals surface area contributed by atoms with E-state index >= 15 is 0 Å². The summed E-state index contributed by atoms with van der Waals surface area (Å²) in [5.74, 6) is 0.628. The third-order valence-electron chi connectivity index (χ3n) is 4.91. The van der Waals surface area contributed by atoms with Gasteiger partial charge in [0.2, 0.25) is 0 Å². The number of aromatic nitrogens is 1. The predicted molar refractivity (Wildman–Crippen MR) is 94.7 cm³/mol. The highest BCUT2D eigenvalue weighted by Crippen LogP contribution is 2.22. The molecule has 7 heteroatoms. The highest BCUT2D eigenvalue weighted by Gasteiger charge is 2.26. The van der Waals surface area contributed by atoms with Crippen LogP contribution in [0.15, 0.2) is 18.3 Å². The van der Waals surface area contributed by atoms with Crippen molar-refractivity contribution < 1.29 is 14.3 Å². The average molecular weight is 346 g/mol.